The smallest absolute Gasteiger partial charge is 0.303 e. The van der Waals surface area contributed by atoms with Gasteiger partial charge in [0.05, 0.1) is 13.3 Å². The van der Waals surface area contributed by atoms with E-state index in [1.807, 2.05) is 0 Å². The third-order valence-electron chi connectivity index (χ3n) is 5.35. The second kappa shape index (κ2) is 11.1. The summed E-state index contributed by atoms with van der Waals surface area (Å²) in [6.07, 6.45) is 0.267. The van der Waals surface area contributed by atoms with Crippen LogP contribution in [0.25, 0.3) is 22.9 Å². The summed E-state index contributed by atoms with van der Waals surface area (Å²) in [5.41, 5.74) is 1.03. The van der Waals surface area contributed by atoms with Gasteiger partial charge in [-0.1, -0.05) is 0 Å². The Balaban J connectivity index is 1.82. The Bertz CT molecular complexity index is 1260. The lowest BCUT2D eigenvalue weighted by molar-refractivity contribution is -0.166. The third kappa shape index (κ3) is 5.89. The van der Waals surface area contributed by atoms with Gasteiger partial charge in [-0.15, -0.1) is 5.10 Å². The Morgan fingerprint density at radius 1 is 0.973 bits per heavy atom. The number of carbonyl (C=O) groups excluding carboxylic acids is 3. The molecule has 0 spiro atoms. The van der Waals surface area contributed by atoms with Crippen LogP contribution in [0.4, 0.5) is 0 Å². The van der Waals surface area contributed by atoms with Gasteiger partial charge >= 0.3 is 17.9 Å². The van der Waals surface area contributed by atoms with Crippen LogP contribution in [0, 0.1) is 0 Å². The van der Waals surface area contributed by atoms with E-state index in [1.54, 1.807) is 31.4 Å². The summed E-state index contributed by atoms with van der Waals surface area (Å²) in [5.74, 6) is -0.605. The SMILES string of the molecule is COc1ccc(-c2nc(-c3cnccn3)nn2[C@@H]2O[C@H](COC(C)=O)[C@@H](OC(C)=O)[C@H]2OC(C)=O)cc1. The maximum atomic E-state index is 12.1. The van der Waals surface area contributed by atoms with Crippen LogP contribution in [-0.2, 0) is 33.3 Å². The lowest BCUT2D eigenvalue weighted by Gasteiger charge is -2.23. The number of esters is 3. The Hall–Kier alpha value is -4.39. The number of ether oxygens (including phenoxy) is 5. The van der Waals surface area contributed by atoms with E-state index in [9.17, 15) is 14.4 Å². The van der Waals surface area contributed by atoms with E-state index in [-0.39, 0.29) is 12.4 Å². The summed E-state index contributed by atoms with van der Waals surface area (Å²) in [6, 6.07) is 7.05. The first-order valence-electron chi connectivity index (χ1n) is 11.3. The van der Waals surface area contributed by atoms with Crippen LogP contribution in [0.5, 0.6) is 5.75 Å². The zero-order valence-corrected chi connectivity index (χ0v) is 20.6. The average molecular weight is 511 g/mol. The van der Waals surface area contributed by atoms with Crippen LogP contribution in [0.1, 0.15) is 27.0 Å². The lowest BCUT2D eigenvalue weighted by Crippen LogP contribution is -2.40. The second-order valence-corrected chi connectivity index (χ2v) is 8.04. The van der Waals surface area contributed by atoms with E-state index < -0.39 is 42.4 Å². The molecule has 2 aromatic heterocycles. The minimum absolute atomic E-state index is 0.233. The molecule has 0 N–H and O–H groups in total. The molecule has 1 fully saturated rings. The number of benzene rings is 1. The summed E-state index contributed by atoms with van der Waals surface area (Å²) in [4.78, 5) is 48.4. The first kappa shape index (κ1) is 25.7. The van der Waals surface area contributed by atoms with Gasteiger partial charge in [0.1, 0.15) is 24.2 Å². The van der Waals surface area contributed by atoms with Gasteiger partial charge in [-0.05, 0) is 24.3 Å². The molecule has 13 heteroatoms. The van der Waals surface area contributed by atoms with Crippen molar-refractivity contribution >= 4 is 17.9 Å². The quantitative estimate of drug-likeness (QED) is 0.319. The van der Waals surface area contributed by atoms with Gasteiger partial charge in [0.2, 0.25) is 5.82 Å². The van der Waals surface area contributed by atoms with Gasteiger partial charge in [-0.3, -0.25) is 19.4 Å². The predicted octanol–water partition coefficient (Wildman–Crippen LogP) is 1.73. The highest BCUT2D eigenvalue weighted by atomic mass is 16.7. The Morgan fingerprint density at radius 2 is 1.68 bits per heavy atom. The molecule has 0 unspecified atom stereocenters. The van der Waals surface area contributed by atoms with Gasteiger partial charge in [0.25, 0.3) is 0 Å². The zero-order valence-electron chi connectivity index (χ0n) is 20.6. The van der Waals surface area contributed by atoms with Crippen molar-refractivity contribution in [3.8, 4) is 28.7 Å². The number of hydrogen-bond donors (Lipinski definition) is 0. The largest absolute Gasteiger partial charge is 0.497 e. The molecule has 194 valence electrons. The van der Waals surface area contributed by atoms with Crippen LogP contribution in [0.15, 0.2) is 42.9 Å². The van der Waals surface area contributed by atoms with Gasteiger partial charge in [0, 0.05) is 38.7 Å². The maximum Gasteiger partial charge on any atom is 0.303 e. The molecule has 0 amide bonds. The molecule has 0 aliphatic carbocycles. The molecular weight excluding hydrogens is 486 g/mol. The summed E-state index contributed by atoms with van der Waals surface area (Å²) in [6.45, 7) is 3.43. The van der Waals surface area contributed by atoms with Gasteiger partial charge in [-0.25, -0.2) is 14.6 Å². The molecule has 13 nitrogen and oxygen atoms in total. The number of nitrogens with zero attached hydrogens (tertiary/aromatic N) is 5. The van der Waals surface area contributed by atoms with Crippen molar-refractivity contribution in [2.45, 2.75) is 45.3 Å². The summed E-state index contributed by atoms with van der Waals surface area (Å²) < 4.78 is 28.9. The molecule has 1 aromatic carbocycles. The number of aromatic nitrogens is 5. The van der Waals surface area contributed by atoms with Crippen molar-refractivity contribution in [2.24, 2.45) is 0 Å². The number of methoxy groups -OCH3 is 1. The molecule has 4 rings (SSSR count). The normalized spacial score (nSPS) is 20.8. The Labute approximate surface area is 211 Å². The van der Waals surface area contributed by atoms with E-state index in [2.05, 4.69) is 20.1 Å². The molecule has 1 aliphatic heterocycles. The van der Waals surface area contributed by atoms with E-state index in [4.69, 9.17) is 23.7 Å². The minimum Gasteiger partial charge on any atom is -0.497 e. The van der Waals surface area contributed by atoms with Crippen molar-refractivity contribution < 1.29 is 38.1 Å². The van der Waals surface area contributed by atoms with Crippen LogP contribution in [0.2, 0.25) is 0 Å². The molecule has 1 saturated heterocycles. The highest BCUT2D eigenvalue weighted by Crippen LogP contribution is 2.37. The molecule has 0 saturated carbocycles. The van der Waals surface area contributed by atoms with Gasteiger partial charge < -0.3 is 23.7 Å². The monoisotopic (exact) mass is 511 g/mol. The topological polar surface area (TPSA) is 154 Å². The van der Waals surface area contributed by atoms with Crippen LogP contribution in [0.3, 0.4) is 0 Å². The minimum atomic E-state index is -1.13. The fourth-order valence-corrected chi connectivity index (χ4v) is 3.85. The second-order valence-electron chi connectivity index (χ2n) is 8.04. The lowest BCUT2D eigenvalue weighted by atomic mass is 10.1. The fourth-order valence-electron chi connectivity index (χ4n) is 3.85. The van der Waals surface area contributed by atoms with Crippen molar-refractivity contribution in [3.63, 3.8) is 0 Å². The number of rotatable bonds is 8. The Morgan fingerprint density at radius 3 is 2.27 bits per heavy atom. The highest BCUT2D eigenvalue weighted by Gasteiger charge is 2.51. The van der Waals surface area contributed by atoms with Crippen LogP contribution in [-0.4, -0.2) is 74.7 Å². The highest BCUT2D eigenvalue weighted by molar-refractivity contribution is 5.68. The number of carbonyl (C=O) groups is 3. The average Bonchev–Trinajstić information content (AvgIpc) is 3.45. The first-order chi connectivity index (χ1) is 17.8. The zero-order chi connectivity index (χ0) is 26.5. The summed E-state index contributed by atoms with van der Waals surface area (Å²) in [5, 5.41) is 4.59. The molecule has 0 bridgehead atoms. The van der Waals surface area contributed by atoms with Crippen molar-refractivity contribution in [2.75, 3.05) is 13.7 Å². The van der Waals surface area contributed by atoms with Crippen molar-refractivity contribution in [3.05, 3.63) is 42.9 Å². The molecule has 37 heavy (non-hydrogen) atoms. The molecule has 1 aliphatic rings. The van der Waals surface area contributed by atoms with Crippen molar-refractivity contribution in [1.82, 2.24) is 24.7 Å². The summed E-state index contributed by atoms with van der Waals surface area (Å²) >= 11 is 0. The Kier molecular flexibility index (Phi) is 7.72. The summed E-state index contributed by atoms with van der Waals surface area (Å²) in [7, 11) is 1.55. The molecular formula is C24H25N5O8. The van der Waals surface area contributed by atoms with Crippen LogP contribution < -0.4 is 4.74 Å². The fraction of sp³-hybridized carbons (Fsp3) is 0.375. The third-order valence-corrected chi connectivity index (χ3v) is 5.35. The predicted molar refractivity (Wildman–Crippen MR) is 125 cm³/mol. The standard InChI is InChI=1S/C24H25N5O8/c1-13(30)34-12-19-20(35-14(2)31)21(36-15(3)32)24(37-19)29-23(16-5-7-17(33-4)8-6-16)27-22(28-29)18-11-25-9-10-26-18/h5-11,19-21,24H,12H2,1-4H3/t19-,20-,21-,24-/m1/s1. The molecule has 3 heterocycles. The van der Waals surface area contributed by atoms with E-state index in [0.29, 0.717) is 22.8 Å². The van der Waals surface area contributed by atoms with E-state index >= 15 is 0 Å². The number of hydrogen-bond acceptors (Lipinski definition) is 12. The van der Waals surface area contributed by atoms with Crippen molar-refractivity contribution in [1.29, 1.82) is 0 Å². The first-order valence-corrected chi connectivity index (χ1v) is 11.3. The van der Waals surface area contributed by atoms with Gasteiger partial charge in [0.15, 0.2) is 24.3 Å². The molecule has 3 aromatic rings. The maximum absolute atomic E-state index is 12.1. The molecule has 4 atom stereocenters. The van der Waals surface area contributed by atoms with Crippen LogP contribution >= 0.6 is 0 Å². The molecule has 0 radical (unpaired) electrons. The van der Waals surface area contributed by atoms with E-state index in [1.165, 1.54) is 44.0 Å². The van der Waals surface area contributed by atoms with E-state index in [0.717, 1.165) is 0 Å². The van der Waals surface area contributed by atoms with Gasteiger partial charge in [-0.2, -0.15) is 0 Å².